The van der Waals surface area contributed by atoms with E-state index >= 15 is 0 Å². The van der Waals surface area contributed by atoms with Crippen molar-refractivity contribution < 1.29 is 13.2 Å². The minimum absolute atomic E-state index is 0.0369. The van der Waals surface area contributed by atoms with E-state index in [-0.39, 0.29) is 10.6 Å². The highest BCUT2D eigenvalue weighted by Gasteiger charge is 2.32. The molecule has 8 nitrogen and oxygen atoms in total. The summed E-state index contributed by atoms with van der Waals surface area (Å²) < 4.78 is 30.1. The largest absolute Gasteiger partial charge is 0.368 e. The van der Waals surface area contributed by atoms with Crippen LogP contribution in [0.2, 0.25) is 0 Å². The Bertz CT molecular complexity index is 1170. The lowest BCUT2D eigenvalue weighted by atomic mass is 10.3. The number of carbonyl (C=O) groups is 1. The van der Waals surface area contributed by atoms with Gasteiger partial charge in [0.2, 0.25) is 5.91 Å². The van der Waals surface area contributed by atoms with Crippen molar-refractivity contribution in [3.8, 4) is 5.69 Å². The summed E-state index contributed by atoms with van der Waals surface area (Å²) in [7, 11) is -2.53. The first kappa shape index (κ1) is 19.4. The highest BCUT2D eigenvalue weighted by molar-refractivity contribution is 7.92. The minimum atomic E-state index is -4.17. The average molecular weight is 400 g/mol. The molecule has 146 valence electrons. The number of rotatable bonds is 6. The van der Waals surface area contributed by atoms with Gasteiger partial charge in [0.15, 0.2) is 0 Å². The second-order valence-electron chi connectivity index (χ2n) is 6.20. The molecule has 3 aromatic rings. The fraction of sp³-hybridized carbons (Fsp3) is 0.158. The summed E-state index contributed by atoms with van der Waals surface area (Å²) in [6, 6.07) is 16.4. The van der Waals surface area contributed by atoms with Crippen LogP contribution in [-0.4, -0.2) is 30.2 Å². The van der Waals surface area contributed by atoms with Crippen molar-refractivity contribution in [3.63, 3.8) is 0 Å². The highest BCUT2D eigenvalue weighted by atomic mass is 32.2. The van der Waals surface area contributed by atoms with Crippen LogP contribution in [0.5, 0.6) is 0 Å². The fourth-order valence-corrected chi connectivity index (χ4v) is 4.49. The third kappa shape index (κ3) is 3.31. The van der Waals surface area contributed by atoms with Gasteiger partial charge in [0.25, 0.3) is 15.6 Å². The Morgan fingerprint density at radius 1 is 1.04 bits per heavy atom. The third-order valence-electron chi connectivity index (χ3n) is 4.40. The van der Waals surface area contributed by atoms with Crippen LogP contribution in [0.15, 0.2) is 70.4 Å². The van der Waals surface area contributed by atoms with Crippen molar-refractivity contribution in [2.45, 2.75) is 11.8 Å². The standard InChI is InChI=1S/C19H20N4O4S/c1-14-18(19(25)23(21(14)2)15-9-5-3-6-10-15)22(13-17(20)24)28(26,27)16-11-7-4-8-12-16/h3-12H,13H2,1-2H3,(H2,20,24). The Hall–Kier alpha value is -3.33. The quantitative estimate of drug-likeness (QED) is 0.670. The van der Waals surface area contributed by atoms with Crippen molar-refractivity contribution in [1.29, 1.82) is 0 Å². The molecular weight excluding hydrogens is 380 g/mol. The van der Waals surface area contributed by atoms with Crippen molar-refractivity contribution in [1.82, 2.24) is 9.36 Å². The van der Waals surface area contributed by atoms with Crippen molar-refractivity contribution in [2.75, 3.05) is 10.8 Å². The third-order valence-corrected chi connectivity index (χ3v) is 6.16. The second kappa shape index (κ2) is 7.35. The van der Waals surface area contributed by atoms with Gasteiger partial charge in [-0.05, 0) is 31.2 Å². The Morgan fingerprint density at radius 2 is 1.57 bits per heavy atom. The van der Waals surface area contributed by atoms with Crippen LogP contribution in [0.25, 0.3) is 5.69 Å². The number of benzene rings is 2. The summed E-state index contributed by atoms with van der Waals surface area (Å²) in [5.41, 5.74) is 5.58. The zero-order valence-corrected chi connectivity index (χ0v) is 16.3. The molecule has 0 radical (unpaired) electrons. The maximum Gasteiger partial charge on any atom is 0.296 e. The molecule has 0 atom stereocenters. The number of para-hydroxylation sites is 1. The first-order chi connectivity index (χ1) is 13.2. The number of amides is 1. The maximum absolute atomic E-state index is 13.2. The van der Waals surface area contributed by atoms with Crippen LogP contribution in [0.1, 0.15) is 5.69 Å². The molecule has 0 bridgehead atoms. The predicted octanol–water partition coefficient (Wildman–Crippen LogP) is 1.17. The summed E-state index contributed by atoms with van der Waals surface area (Å²) in [4.78, 5) is 24.8. The molecule has 0 fully saturated rings. The molecule has 0 aliphatic heterocycles. The van der Waals surface area contributed by atoms with Crippen LogP contribution < -0.4 is 15.6 Å². The number of hydrogen-bond donors (Lipinski definition) is 1. The van der Waals surface area contributed by atoms with E-state index in [1.807, 2.05) is 6.07 Å². The van der Waals surface area contributed by atoms with Crippen molar-refractivity contribution in [3.05, 3.63) is 76.7 Å². The van der Waals surface area contributed by atoms with Crippen molar-refractivity contribution in [2.24, 2.45) is 12.8 Å². The van der Waals surface area contributed by atoms with Gasteiger partial charge in [-0.3, -0.25) is 14.3 Å². The number of nitrogens with zero attached hydrogens (tertiary/aromatic N) is 3. The SMILES string of the molecule is Cc1c(N(CC(N)=O)S(=O)(=O)c2ccccc2)c(=O)n(-c2ccccc2)n1C. The Labute approximate surface area is 162 Å². The molecule has 1 heterocycles. The molecule has 2 N–H and O–H groups in total. The first-order valence-electron chi connectivity index (χ1n) is 8.45. The molecule has 0 spiro atoms. The van der Waals surface area contributed by atoms with E-state index in [1.54, 1.807) is 61.1 Å². The number of carbonyl (C=O) groups excluding carboxylic acids is 1. The molecule has 2 aromatic carbocycles. The van der Waals surface area contributed by atoms with E-state index in [1.165, 1.54) is 16.8 Å². The number of aromatic nitrogens is 2. The second-order valence-corrected chi connectivity index (χ2v) is 8.06. The van der Waals surface area contributed by atoms with E-state index < -0.39 is 28.0 Å². The molecule has 0 saturated heterocycles. The Morgan fingerprint density at radius 3 is 2.11 bits per heavy atom. The summed E-state index contributed by atoms with van der Waals surface area (Å²) in [6.45, 7) is 0.969. The van der Waals surface area contributed by atoms with E-state index in [0.717, 1.165) is 4.31 Å². The topological polar surface area (TPSA) is 107 Å². The first-order valence-corrected chi connectivity index (χ1v) is 9.89. The van der Waals surface area contributed by atoms with E-state index in [2.05, 4.69) is 0 Å². The van der Waals surface area contributed by atoms with Gasteiger partial charge in [0.05, 0.1) is 16.3 Å². The Balaban J connectivity index is 2.26. The van der Waals surface area contributed by atoms with Crippen LogP contribution in [-0.2, 0) is 21.9 Å². The molecule has 28 heavy (non-hydrogen) atoms. The summed E-state index contributed by atoms with van der Waals surface area (Å²) in [6.07, 6.45) is 0. The molecular formula is C19H20N4O4S. The normalized spacial score (nSPS) is 11.4. The average Bonchev–Trinajstić information content (AvgIpc) is 2.90. The van der Waals surface area contributed by atoms with E-state index in [4.69, 9.17) is 5.73 Å². The number of sulfonamides is 1. The molecule has 0 aliphatic carbocycles. The van der Waals surface area contributed by atoms with Crippen LogP contribution in [0.3, 0.4) is 0 Å². The lowest BCUT2D eigenvalue weighted by Crippen LogP contribution is -2.41. The minimum Gasteiger partial charge on any atom is -0.368 e. The molecule has 1 aromatic heterocycles. The van der Waals surface area contributed by atoms with Gasteiger partial charge in [-0.15, -0.1) is 0 Å². The monoisotopic (exact) mass is 400 g/mol. The molecule has 0 unspecified atom stereocenters. The van der Waals surface area contributed by atoms with E-state index in [0.29, 0.717) is 11.4 Å². The van der Waals surface area contributed by atoms with Gasteiger partial charge >= 0.3 is 0 Å². The molecule has 0 saturated carbocycles. The molecule has 1 amide bonds. The van der Waals surface area contributed by atoms with E-state index in [9.17, 15) is 18.0 Å². The number of anilines is 1. The fourth-order valence-electron chi connectivity index (χ4n) is 2.99. The highest BCUT2D eigenvalue weighted by Crippen LogP contribution is 2.25. The lowest BCUT2D eigenvalue weighted by Gasteiger charge is -2.21. The molecule has 0 aliphatic rings. The summed E-state index contributed by atoms with van der Waals surface area (Å²) in [5.74, 6) is -0.867. The van der Waals surface area contributed by atoms with Gasteiger partial charge < -0.3 is 5.73 Å². The predicted molar refractivity (Wildman–Crippen MR) is 106 cm³/mol. The van der Waals surface area contributed by atoms with Gasteiger partial charge in [0, 0.05) is 7.05 Å². The van der Waals surface area contributed by atoms with Crippen LogP contribution in [0, 0.1) is 6.92 Å². The van der Waals surface area contributed by atoms with Crippen LogP contribution in [0.4, 0.5) is 5.69 Å². The number of hydrogen-bond acceptors (Lipinski definition) is 4. The molecule has 3 rings (SSSR count). The molecule has 9 heteroatoms. The maximum atomic E-state index is 13.2. The Kier molecular flexibility index (Phi) is 5.10. The summed E-state index contributed by atoms with van der Waals surface area (Å²) in [5, 5.41) is 0. The zero-order valence-electron chi connectivity index (χ0n) is 15.4. The van der Waals surface area contributed by atoms with Crippen molar-refractivity contribution >= 4 is 21.6 Å². The van der Waals surface area contributed by atoms with Crippen LogP contribution >= 0.6 is 0 Å². The van der Waals surface area contributed by atoms with Gasteiger partial charge in [-0.2, -0.15) is 0 Å². The van der Waals surface area contributed by atoms with Gasteiger partial charge in [-0.25, -0.2) is 17.4 Å². The number of primary amides is 1. The van der Waals surface area contributed by atoms with Gasteiger partial charge in [0.1, 0.15) is 12.2 Å². The van der Waals surface area contributed by atoms with Gasteiger partial charge in [-0.1, -0.05) is 36.4 Å². The summed E-state index contributed by atoms with van der Waals surface area (Å²) >= 11 is 0. The smallest absolute Gasteiger partial charge is 0.296 e. The zero-order chi connectivity index (χ0) is 20.5. The number of nitrogens with two attached hydrogens (primary N) is 1. The lowest BCUT2D eigenvalue weighted by molar-refractivity contribution is -0.116.